The normalized spacial score (nSPS) is 17.6. The molecule has 0 spiro atoms. The van der Waals surface area contributed by atoms with E-state index in [-0.39, 0.29) is 42.4 Å². The maximum absolute atomic E-state index is 12.8. The summed E-state index contributed by atoms with van der Waals surface area (Å²) in [6, 6.07) is 14.5. The van der Waals surface area contributed by atoms with Crippen LogP contribution < -0.4 is 29.3 Å². The molecule has 2 aromatic rings. The molecule has 1 aliphatic rings. The quantitative estimate of drug-likeness (QED) is 0.675. The third-order valence-corrected chi connectivity index (χ3v) is 5.14. The van der Waals surface area contributed by atoms with E-state index in [1.54, 1.807) is 12.1 Å². The van der Waals surface area contributed by atoms with Crippen molar-refractivity contribution in [1.29, 1.82) is 0 Å². The van der Waals surface area contributed by atoms with Gasteiger partial charge >= 0.3 is 18.9 Å². The second-order valence-electron chi connectivity index (χ2n) is 7.26. The minimum Gasteiger partial charge on any atom is -0.545 e. The van der Waals surface area contributed by atoms with Crippen LogP contribution >= 0.6 is 0 Å². The van der Waals surface area contributed by atoms with Crippen molar-refractivity contribution in [3.63, 3.8) is 0 Å². The Morgan fingerprint density at radius 2 is 1.93 bits per heavy atom. The second-order valence-corrected chi connectivity index (χ2v) is 7.26. The molecule has 1 amide bonds. The van der Waals surface area contributed by atoms with Crippen LogP contribution in [0.25, 0.3) is 0 Å². The summed E-state index contributed by atoms with van der Waals surface area (Å²) in [5.41, 5.74) is 3.45. The fourth-order valence-electron chi connectivity index (χ4n) is 3.66. The molecule has 142 valence electrons. The Morgan fingerprint density at radius 3 is 2.57 bits per heavy atom. The average molecular weight is 372 g/mol. The first-order valence-corrected chi connectivity index (χ1v) is 9.35. The van der Waals surface area contributed by atoms with Crippen molar-refractivity contribution < 1.29 is 33.6 Å². The van der Waals surface area contributed by atoms with Gasteiger partial charge in [-0.1, -0.05) is 54.1 Å². The van der Waals surface area contributed by atoms with E-state index in [4.69, 9.17) is 0 Å². The van der Waals surface area contributed by atoms with Crippen molar-refractivity contribution in [1.82, 2.24) is 10.2 Å². The molecule has 0 radical (unpaired) electrons. The maximum atomic E-state index is 12.8. The number of aryl methyl sites for hydroxylation is 1. The predicted octanol–water partition coefficient (Wildman–Crippen LogP) is -0.796. The fraction of sp³-hybridized carbons (Fsp3) is 0.364. The van der Waals surface area contributed by atoms with Crippen molar-refractivity contribution >= 4 is 11.9 Å². The summed E-state index contributed by atoms with van der Waals surface area (Å²) in [4.78, 5) is 25.9. The third kappa shape index (κ3) is 5.48. The molecule has 0 aromatic heterocycles. The first-order chi connectivity index (χ1) is 12.9. The van der Waals surface area contributed by atoms with Crippen molar-refractivity contribution in [2.75, 3.05) is 6.54 Å². The monoisotopic (exact) mass is 372 g/mol. The van der Waals surface area contributed by atoms with Gasteiger partial charge in [0.1, 0.15) is 0 Å². The van der Waals surface area contributed by atoms with E-state index in [0.29, 0.717) is 0 Å². The number of benzene rings is 2. The summed E-state index contributed by atoms with van der Waals surface area (Å²) in [5, 5.41) is 13.9. The number of aromatic carboxylic acids is 1. The van der Waals surface area contributed by atoms with Crippen molar-refractivity contribution in [3.05, 3.63) is 70.8 Å². The van der Waals surface area contributed by atoms with Gasteiger partial charge in [-0.3, -0.25) is 9.69 Å². The summed E-state index contributed by atoms with van der Waals surface area (Å²) in [6.07, 6.45) is 1.87. The number of carbonyl (C=O) groups excluding carboxylic acids is 2. The van der Waals surface area contributed by atoms with Crippen molar-refractivity contribution in [2.45, 2.75) is 45.3 Å². The maximum Gasteiger partial charge on any atom is 1.00 e. The number of carboxylic acid groups (broad SMARTS) is 1. The van der Waals surface area contributed by atoms with Crippen molar-refractivity contribution in [2.24, 2.45) is 0 Å². The van der Waals surface area contributed by atoms with Gasteiger partial charge in [-0.25, -0.2) is 0 Å². The minimum atomic E-state index is -1.20. The Labute approximate surface area is 178 Å². The number of hydrogen-bond donors (Lipinski definition) is 1. The predicted molar refractivity (Wildman–Crippen MR) is 102 cm³/mol. The van der Waals surface area contributed by atoms with Crippen LogP contribution in [0.15, 0.2) is 48.5 Å². The van der Waals surface area contributed by atoms with Gasteiger partial charge in [-0.2, -0.15) is 0 Å². The van der Waals surface area contributed by atoms with E-state index >= 15 is 0 Å². The third-order valence-electron chi connectivity index (χ3n) is 5.14. The number of hydrogen-bond acceptors (Lipinski definition) is 4. The van der Waals surface area contributed by atoms with Crippen LogP contribution in [0.3, 0.4) is 0 Å². The molecule has 1 saturated heterocycles. The molecular weight excluding hydrogens is 347 g/mol. The average Bonchev–Trinajstić information content (AvgIpc) is 3.10. The molecule has 1 heterocycles. The number of nitrogens with zero attached hydrogens (tertiary/aromatic N) is 1. The van der Waals surface area contributed by atoms with Crippen LogP contribution in [0, 0.1) is 6.92 Å². The Bertz CT molecular complexity index is 823. The molecule has 3 rings (SSSR count). The number of carbonyl (C=O) groups is 2. The topological polar surface area (TPSA) is 72.5 Å². The summed E-state index contributed by atoms with van der Waals surface area (Å²) in [6.45, 7) is 5.67. The van der Waals surface area contributed by atoms with Gasteiger partial charge < -0.3 is 15.2 Å². The molecule has 0 saturated carbocycles. The number of amides is 1. The van der Waals surface area contributed by atoms with Gasteiger partial charge in [0.25, 0.3) is 0 Å². The van der Waals surface area contributed by atoms with E-state index in [0.717, 1.165) is 31.5 Å². The van der Waals surface area contributed by atoms with Gasteiger partial charge in [0.2, 0.25) is 5.91 Å². The van der Waals surface area contributed by atoms with Crippen molar-refractivity contribution in [3.8, 4) is 0 Å². The standard InChI is InChI=1S/C22H26N2O3.Li/c1-15-5-3-6-17(13-15)14-24-12-4-7-20(24)21(25)23-16(2)18-8-10-19(11-9-18)22(26)27;/h3,5-6,8-11,13,16,20H,4,7,12,14H2,1-2H3,(H,23,25)(H,26,27);/q;+1/p-1/t16-,20+;/m0./s1. The molecule has 1 N–H and O–H groups in total. The molecule has 28 heavy (non-hydrogen) atoms. The molecular formula is C22H25LiN2O3. The fourth-order valence-corrected chi connectivity index (χ4v) is 3.66. The number of carboxylic acids is 1. The number of likely N-dealkylation sites (tertiary alicyclic amines) is 1. The van der Waals surface area contributed by atoms with Gasteiger partial charge in [0, 0.05) is 6.54 Å². The van der Waals surface area contributed by atoms with E-state index in [2.05, 4.69) is 35.3 Å². The molecule has 1 aliphatic heterocycles. The van der Waals surface area contributed by atoms with Crippen LogP contribution in [0.4, 0.5) is 0 Å². The molecule has 5 nitrogen and oxygen atoms in total. The van der Waals surface area contributed by atoms with Gasteiger partial charge in [-0.15, -0.1) is 0 Å². The molecule has 2 atom stereocenters. The smallest absolute Gasteiger partial charge is 0.545 e. The first kappa shape index (κ1) is 22.2. The number of rotatable bonds is 6. The molecule has 1 fully saturated rings. The van der Waals surface area contributed by atoms with Gasteiger partial charge in [0.15, 0.2) is 0 Å². The van der Waals surface area contributed by atoms with E-state index in [1.807, 2.05) is 13.0 Å². The summed E-state index contributed by atoms with van der Waals surface area (Å²) < 4.78 is 0. The van der Waals surface area contributed by atoms with E-state index in [9.17, 15) is 14.7 Å². The second kappa shape index (κ2) is 9.93. The van der Waals surface area contributed by atoms with Crippen LogP contribution in [0.5, 0.6) is 0 Å². The van der Waals surface area contributed by atoms with Crippen LogP contribution in [-0.2, 0) is 11.3 Å². The zero-order chi connectivity index (χ0) is 19.4. The zero-order valence-corrected chi connectivity index (χ0v) is 16.8. The SMILES string of the molecule is Cc1cccc(CN2CCC[C@@H]2C(=O)N[C@@H](C)c2ccc(C(=O)[O-])cc2)c1.[Li+]. The molecule has 0 aliphatic carbocycles. The van der Waals surface area contributed by atoms with Crippen LogP contribution in [0.1, 0.15) is 52.9 Å². The summed E-state index contributed by atoms with van der Waals surface area (Å²) in [5.74, 6) is -1.17. The Kier molecular flexibility index (Phi) is 7.88. The number of nitrogens with one attached hydrogen (secondary N) is 1. The van der Waals surface area contributed by atoms with E-state index < -0.39 is 5.97 Å². The van der Waals surface area contributed by atoms with E-state index in [1.165, 1.54) is 23.3 Å². The first-order valence-electron chi connectivity index (χ1n) is 9.35. The molecule has 6 heteroatoms. The molecule has 2 aromatic carbocycles. The summed E-state index contributed by atoms with van der Waals surface area (Å²) in [7, 11) is 0. The summed E-state index contributed by atoms with van der Waals surface area (Å²) >= 11 is 0. The largest absolute Gasteiger partial charge is 1.00 e. The molecule has 0 bridgehead atoms. The Balaban J connectivity index is 0.00000280. The van der Waals surface area contributed by atoms with Gasteiger partial charge in [-0.05, 0) is 49.9 Å². The minimum absolute atomic E-state index is 0. The zero-order valence-electron chi connectivity index (χ0n) is 16.8. The Hall–Kier alpha value is -2.06. The van der Waals surface area contributed by atoms with Gasteiger partial charge in [0.05, 0.1) is 18.1 Å². The Morgan fingerprint density at radius 1 is 1.21 bits per heavy atom. The van der Waals surface area contributed by atoms with Crippen LogP contribution in [-0.4, -0.2) is 29.4 Å². The van der Waals surface area contributed by atoms with Crippen LogP contribution in [0.2, 0.25) is 0 Å². The molecule has 0 unspecified atom stereocenters.